The van der Waals surface area contributed by atoms with Crippen LogP contribution in [0.2, 0.25) is 0 Å². The van der Waals surface area contributed by atoms with Gasteiger partial charge >= 0.3 is 0 Å². The van der Waals surface area contributed by atoms with Gasteiger partial charge in [0, 0.05) is 6.42 Å². The molecule has 0 radical (unpaired) electrons. The van der Waals surface area contributed by atoms with Crippen molar-refractivity contribution in [2.24, 2.45) is 0 Å². The van der Waals surface area contributed by atoms with Gasteiger partial charge < -0.3 is 10.1 Å². The number of aryl methyl sites for hydroxylation is 2. The van der Waals surface area contributed by atoms with Crippen molar-refractivity contribution in [1.29, 1.82) is 0 Å². The minimum atomic E-state index is -2.85. The van der Waals surface area contributed by atoms with Crippen LogP contribution in [-0.2, 0) is 11.2 Å². The summed E-state index contributed by atoms with van der Waals surface area (Å²) in [6.07, 6.45) is -2.33. The summed E-state index contributed by atoms with van der Waals surface area (Å²) in [6, 6.07) is 9.61. The zero-order valence-electron chi connectivity index (χ0n) is 14.1. The van der Waals surface area contributed by atoms with E-state index in [0.717, 1.165) is 17.2 Å². The van der Waals surface area contributed by atoms with Crippen molar-refractivity contribution in [3.05, 3.63) is 65.0 Å². The van der Waals surface area contributed by atoms with Gasteiger partial charge in [0.1, 0.15) is 6.04 Å². The second-order valence-electron chi connectivity index (χ2n) is 5.76. The highest BCUT2D eigenvalue weighted by Gasteiger charge is 2.25. The van der Waals surface area contributed by atoms with Gasteiger partial charge in [-0.05, 0) is 36.6 Å². The summed E-state index contributed by atoms with van der Waals surface area (Å²) >= 11 is 0. The van der Waals surface area contributed by atoms with E-state index < -0.39 is 24.2 Å². The van der Waals surface area contributed by atoms with Crippen LogP contribution < -0.4 is 10.1 Å². The lowest BCUT2D eigenvalue weighted by atomic mass is 10.0. The number of hydrogen-bond donors (Lipinski definition) is 1. The number of carbonyl (C=O) groups is 1. The summed E-state index contributed by atoms with van der Waals surface area (Å²) in [5.74, 6) is -1.30. The average Bonchev–Trinajstić information content (AvgIpc) is 2.59. The lowest BCUT2D eigenvalue weighted by Gasteiger charge is -2.19. The Hall–Kier alpha value is -2.50. The zero-order chi connectivity index (χ0) is 18.4. The van der Waals surface area contributed by atoms with Crippen LogP contribution in [-0.4, -0.2) is 19.4 Å². The highest BCUT2D eigenvalue weighted by atomic mass is 19.3. The maximum absolute atomic E-state index is 13.7. The Kier molecular flexibility index (Phi) is 6.44. The lowest BCUT2D eigenvalue weighted by Crippen LogP contribution is -2.33. The van der Waals surface area contributed by atoms with Crippen molar-refractivity contribution >= 4 is 5.91 Å². The Balaban J connectivity index is 2.01. The quantitative estimate of drug-likeness (QED) is 0.812. The fraction of sp³-hybridized carbons (Fsp3) is 0.316. The third-order valence-electron chi connectivity index (χ3n) is 3.86. The highest BCUT2D eigenvalue weighted by molar-refractivity contribution is 5.76. The fourth-order valence-corrected chi connectivity index (χ4v) is 2.43. The molecule has 0 aromatic heterocycles. The summed E-state index contributed by atoms with van der Waals surface area (Å²) in [6.45, 7) is 1.96. The second kappa shape index (κ2) is 8.55. The Morgan fingerprint density at radius 2 is 1.84 bits per heavy atom. The van der Waals surface area contributed by atoms with E-state index in [4.69, 9.17) is 4.74 Å². The molecule has 0 fully saturated rings. The van der Waals surface area contributed by atoms with E-state index in [0.29, 0.717) is 6.42 Å². The monoisotopic (exact) mass is 351 g/mol. The van der Waals surface area contributed by atoms with Crippen LogP contribution in [0.25, 0.3) is 0 Å². The molecular formula is C19H20F3NO2. The van der Waals surface area contributed by atoms with Crippen LogP contribution in [0.4, 0.5) is 13.2 Å². The van der Waals surface area contributed by atoms with E-state index in [-0.39, 0.29) is 17.7 Å². The topological polar surface area (TPSA) is 38.3 Å². The normalized spacial score (nSPS) is 12.1. The van der Waals surface area contributed by atoms with Gasteiger partial charge in [-0.2, -0.15) is 0 Å². The Labute approximate surface area is 144 Å². The van der Waals surface area contributed by atoms with Crippen LogP contribution in [0, 0.1) is 12.7 Å². The van der Waals surface area contributed by atoms with Crippen molar-refractivity contribution in [3.63, 3.8) is 0 Å². The minimum absolute atomic E-state index is 0.00279. The van der Waals surface area contributed by atoms with Gasteiger partial charge in [-0.1, -0.05) is 35.9 Å². The number of nitrogens with one attached hydrogen (secondary N) is 1. The second-order valence-corrected chi connectivity index (χ2v) is 5.76. The molecule has 0 unspecified atom stereocenters. The fourth-order valence-electron chi connectivity index (χ4n) is 2.43. The van der Waals surface area contributed by atoms with E-state index in [1.54, 1.807) is 0 Å². The van der Waals surface area contributed by atoms with Crippen LogP contribution in [0.1, 0.15) is 29.2 Å². The number of benzene rings is 2. The van der Waals surface area contributed by atoms with Crippen LogP contribution in [0.15, 0.2) is 42.5 Å². The molecule has 1 atom stereocenters. The van der Waals surface area contributed by atoms with Crippen LogP contribution >= 0.6 is 0 Å². The smallest absolute Gasteiger partial charge is 0.262 e. The van der Waals surface area contributed by atoms with Crippen molar-refractivity contribution in [3.8, 4) is 5.75 Å². The zero-order valence-corrected chi connectivity index (χ0v) is 14.1. The predicted octanol–water partition coefficient (Wildman–Crippen LogP) is 4.20. The van der Waals surface area contributed by atoms with E-state index in [9.17, 15) is 18.0 Å². The average molecular weight is 351 g/mol. The summed E-state index contributed by atoms with van der Waals surface area (Å²) in [5, 5.41) is 2.28. The molecule has 0 aliphatic rings. The van der Waals surface area contributed by atoms with Gasteiger partial charge in [0.2, 0.25) is 5.91 Å². The van der Waals surface area contributed by atoms with E-state index in [1.165, 1.54) is 19.2 Å². The van der Waals surface area contributed by atoms with Gasteiger partial charge in [-0.3, -0.25) is 4.79 Å². The van der Waals surface area contributed by atoms with E-state index in [1.807, 2.05) is 31.2 Å². The molecule has 0 saturated heterocycles. The standard InChI is InChI=1S/C19H20F3NO2/c1-12-3-5-13(6-4-12)7-10-17(24)23-18(19(21)22)14-8-9-16(25-2)15(20)11-14/h3-6,8-9,11,18-19H,7,10H2,1-2H3,(H,23,24)/t18-/m0/s1. The Morgan fingerprint density at radius 1 is 1.16 bits per heavy atom. The van der Waals surface area contributed by atoms with Crippen molar-refractivity contribution in [2.75, 3.05) is 7.11 Å². The third-order valence-corrected chi connectivity index (χ3v) is 3.86. The first kappa shape index (κ1) is 18.8. The first-order valence-electron chi connectivity index (χ1n) is 7.87. The number of methoxy groups -OCH3 is 1. The van der Waals surface area contributed by atoms with Gasteiger partial charge in [-0.25, -0.2) is 13.2 Å². The molecule has 25 heavy (non-hydrogen) atoms. The van der Waals surface area contributed by atoms with Crippen LogP contribution in [0.3, 0.4) is 0 Å². The number of amides is 1. The molecule has 3 nitrogen and oxygen atoms in total. The Bertz CT molecular complexity index is 717. The summed E-state index contributed by atoms with van der Waals surface area (Å²) in [7, 11) is 1.29. The first-order chi connectivity index (χ1) is 11.9. The maximum Gasteiger partial charge on any atom is 0.262 e. The molecule has 2 aromatic carbocycles. The first-order valence-corrected chi connectivity index (χ1v) is 7.87. The molecule has 1 N–H and O–H groups in total. The SMILES string of the molecule is COc1ccc([C@H](NC(=O)CCc2ccc(C)cc2)C(F)F)cc1F. The number of ether oxygens (including phenoxy) is 1. The number of hydrogen-bond acceptors (Lipinski definition) is 2. The third kappa shape index (κ3) is 5.24. The van der Waals surface area contributed by atoms with Gasteiger partial charge in [-0.15, -0.1) is 0 Å². The molecule has 2 rings (SSSR count). The molecule has 6 heteroatoms. The summed E-state index contributed by atoms with van der Waals surface area (Å²) < 4.78 is 45.1. The maximum atomic E-state index is 13.7. The van der Waals surface area contributed by atoms with E-state index >= 15 is 0 Å². The van der Waals surface area contributed by atoms with Crippen molar-refractivity contribution in [1.82, 2.24) is 5.32 Å². The minimum Gasteiger partial charge on any atom is -0.494 e. The molecular weight excluding hydrogens is 331 g/mol. The molecule has 0 saturated carbocycles. The Morgan fingerprint density at radius 3 is 2.40 bits per heavy atom. The number of rotatable bonds is 7. The molecule has 0 aliphatic carbocycles. The molecule has 0 aliphatic heterocycles. The van der Waals surface area contributed by atoms with Crippen LogP contribution in [0.5, 0.6) is 5.75 Å². The molecule has 1 amide bonds. The summed E-state index contributed by atoms with van der Waals surface area (Å²) in [4.78, 5) is 12.0. The highest BCUT2D eigenvalue weighted by Crippen LogP contribution is 2.26. The lowest BCUT2D eigenvalue weighted by molar-refractivity contribution is -0.123. The number of alkyl halides is 2. The predicted molar refractivity (Wildman–Crippen MR) is 89.3 cm³/mol. The number of carbonyl (C=O) groups excluding carboxylic acids is 1. The van der Waals surface area contributed by atoms with Gasteiger partial charge in [0.25, 0.3) is 6.43 Å². The van der Waals surface area contributed by atoms with E-state index in [2.05, 4.69) is 5.32 Å². The molecule has 134 valence electrons. The van der Waals surface area contributed by atoms with Gasteiger partial charge in [0.05, 0.1) is 7.11 Å². The largest absolute Gasteiger partial charge is 0.494 e. The summed E-state index contributed by atoms with van der Waals surface area (Å²) in [5.41, 5.74) is 2.05. The van der Waals surface area contributed by atoms with Crippen molar-refractivity contribution in [2.45, 2.75) is 32.2 Å². The van der Waals surface area contributed by atoms with Crippen molar-refractivity contribution < 1.29 is 22.7 Å². The molecule has 0 heterocycles. The van der Waals surface area contributed by atoms with Gasteiger partial charge in [0.15, 0.2) is 11.6 Å². The molecule has 2 aromatic rings. The molecule has 0 bridgehead atoms. The molecule has 0 spiro atoms. The number of halogens is 3.